The monoisotopic (exact) mass is 542 g/mol. The Kier molecular flexibility index (Phi) is 9.72. The highest BCUT2D eigenvalue weighted by molar-refractivity contribution is 6.42. The summed E-state index contributed by atoms with van der Waals surface area (Å²) in [5, 5.41) is 2.33. The second-order valence-electron chi connectivity index (χ2n) is 8.09. The van der Waals surface area contributed by atoms with Crippen molar-refractivity contribution < 1.29 is 0 Å². The van der Waals surface area contributed by atoms with E-state index in [9.17, 15) is 0 Å². The van der Waals surface area contributed by atoms with Crippen molar-refractivity contribution in [3.63, 3.8) is 0 Å². The number of nitrogens with two attached hydrogens (primary N) is 2. The lowest BCUT2D eigenvalue weighted by atomic mass is 9.94. The minimum Gasteiger partial charge on any atom is -0.330 e. The third kappa shape index (κ3) is 5.44. The van der Waals surface area contributed by atoms with E-state index in [-0.39, 0.29) is 18.3 Å². The molecule has 0 bridgehead atoms. The summed E-state index contributed by atoms with van der Waals surface area (Å²) in [6.07, 6.45) is 2.09. The van der Waals surface area contributed by atoms with Gasteiger partial charge in [0.2, 0.25) is 0 Å². The number of rotatable bonds is 6. The fourth-order valence-corrected chi connectivity index (χ4v) is 5.63. The van der Waals surface area contributed by atoms with Crippen LogP contribution in [0.3, 0.4) is 0 Å². The van der Waals surface area contributed by atoms with E-state index in [1.807, 2.05) is 36.4 Å². The Labute approximate surface area is 215 Å². The summed E-state index contributed by atoms with van der Waals surface area (Å²) >= 11 is 35.5. The SMILES string of the molecule is C.NC[C@@]1(c2ccc(Cl)c(Cl)c2)C[C@@H]1CCl.NC[C@]1(c2ccc(Cl)c(Cl)c2)C[C@@H]1CCl. The first-order chi connectivity index (χ1) is 14.3. The fraction of sp³-hybridized carbons (Fsp3) is 0.478. The molecular weight excluding hydrogens is 517 g/mol. The summed E-state index contributed by atoms with van der Waals surface area (Å²) in [5.74, 6) is 2.25. The average Bonchev–Trinajstić information content (AvgIpc) is 3.65. The molecule has 0 radical (unpaired) electrons. The maximum atomic E-state index is 5.99. The molecule has 4 atom stereocenters. The van der Waals surface area contributed by atoms with Gasteiger partial charge in [0.05, 0.1) is 20.1 Å². The normalized spacial score (nSPS) is 28.3. The quantitative estimate of drug-likeness (QED) is 0.369. The van der Waals surface area contributed by atoms with Gasteiger partial charge in [0.25, 0.3) is 0 Å². The molecule has 31 heavy (non-hydrogen) atoms. The lowest BCUT2D eigenvalue weighted by molar-refractivity contribution is 0.644. The summed E-state index contributed by atoms with van der Waals surface area (Å²) < 4.78 is 0. The maximum absolute atomic E-state index is 5.99. The van der Waals surface area contributed by atoms with Crippen LogP contribution in [0.5, 0.6) is 0 Å². The van der Waals surface area contributed by atoms with Gasteiger partial charge in [-0.2, -0.15) is 0 Å². The van der Waals surface area contributed by atoms with E-state index >= 15 is 0 Å². The van der Waals surface area contributed by atoms with Crippen molar-refractivity contribution in [2.24, 2.45) is 23.3 Å². The van der Waals surface area contributed by atoms with Gasteiger partial charge in [0.15, 0.2) is 0 Å². The van der Waals surface area contributed by atoms with E-state index in [1.165, 1.54) is 0 Å². The zero-order chi connectivity index (χ0) is 22.1. The number of hydrogen-bond acceptors (Lipinski definition) is 2. The first-order valence-electron chi connectivity index (χ1n) is 9.71. The molecule has 0 saturated heterocycles. The molecule has 2 aliphatic rings. The minimum atomic E-state index is 0. The lowest BCUT2D eigenvalue weighted by Crippen LogP contribution is -2.22. The summed E-state index contributed by atoms with van der Waals surface area (Å²) in [7, 11) is 0. The first kappa shape index (κ1) is 27.3. The van der Waals surface area contributed by atoms with Crippen molar-refractivity contribution in [3.8, 4) is 0 Å². The van der Waals surface area contributed by atoms with Gasteiger partial charge in [-0.05, 0) is 60.1 Å². The zero-order valence-electron chi connectivity index (χ0n) is 16.3. The van der Waals surface area contributed by atoms with Gasteiger partial charge in [-0.15, -0.1) is 23.2 Å². The Balaban J connectivity index is 0.000000213. The standard InChI is InChI=1S/2C11H12Cl3N.CH4/c2*12-5-8-4-11(8,6-15)7-1-2-9(13)10(14)3-7;/h2*1-3,8H,4-6,15H2;1H4/t8-,11+;8-,11-;/m11./s1. The van der Waals surface area contributed by atoms with Gasteiger partial charge in [-0.25, -0.2) is 0 Å². The summed E-state index contributed by atoms with van der Waals surface area (Å²) in [6.45, 7) is 1.23. The van der Waals surface area contributed by atoms with Crippen LogP contribution in [-0.2, 0) is 10.8 Å². The van der Waals surface area contributed by atoms with E-state index < -0.39 is 0 Å². The number of benzene rings is 2. The van der Waals surface area contributed by atoms with E-state index in [2.05, 4.69) is 0 Å². The largest absolute Gasteiger partial charge is 0.330 e. The highest BCUT2D eigenvalue weighted by atomic mass is 35.5. The Morgan fingerprint density at radius 2 is 1.03 bits per heavy atom. The van der Waals surface area contributed by atoms with Gasteiger partial charge in [0, 0.05) is 35.7 Å². The third-order valence-corrected chi connectivity index (χ3v) is 8.78. The molecular formula is C23H28Cl6N2. The predicted octanol–water partition coefficient (Wildman–Crippen LogP) is 7.53. The van der Waals surface area contributed by atoms with Crippen LogP contribution in [0, 0.1) is 11.8 Å². The molecule has 172 valence electrons. The van der Waals surface area contributed by atoms with E-state index in [1.54, 1.807) is 0 Å². The summed E-state index contributed by atoms with van der Waals surface area (Å²) in [5.41, 5.74) is 14.0. The molecule has 2 nitrogen and oxygen atoms in total. The second kappa shape index (κ2) is 11.0. The Bertz CT molecular complexity index is 834. The Morgan fingerprint density at radius 3 is 1.26 bits per heavy atom. The van der Waals surface area contributed by atoms with Gasteiger partial charge < -0.3 is 11.5 Å². The third-order valence-electron chi connectivity index (χ3n) is 6.55. The highest BCUT2D eigenvalue weighted by Gasteiger charge is 2.54. The van der Waals surface area contributed by atoms with Crippen LogP contribution in [0.1, 0.15) is 31.4 Å². The van der Waals surface area contributed by atoms with Gasteiger partial charge in [-0.1, -0.05) is 66.0 Å². The molecule has 4 N–H and O–H groups in total. The van der Waals surface area contributed by atoms with Crippen molar-refractivity contribution in [2.45, 2.75) is 31.1 Å². The molecule has 0 heterocycles. The average molecular weight is 545 g/mol. The molecule has 2 aromatic carbocycles. The molecule has 2 aromatic rings. The number of halogens is 6. The predicted molar refractivity (Wildman–Crippen MR) is 139 cm³/mol. The Morgan fingerprint density at radius 1 is 0.677 bits per heavy atom. The first-order valence-corrected chi connectivity index (χ1v) is 12.3. The van der Waals surface area contributed by atoms with Crippen LogP contribution in [0.4, 0.5) is 0 Å². The topological polar surface area (TPSA) is 52.0 Å². The van der Waals surface area contributed by atoms with Crippen LogP contribution in [0.15, 0.2) is 36.4 Å². The number of alkyl halides is 2. The van der Waals surface area contributed by atoms with Crippen LogP contribution in [0.2, 0.25) is 20.1 Å². The van der Waals surface area contributed by atoms with Crippen LogP contribution in [-0.4, -0.2) is 24.8 Å². The molecule has 0 aliphatic heterocycles. The van der Waals surface area contributed by atoms with Crippen molar-refractivity contribution >= 4 is 69.6 Å². The van der Waals surface area contributed by atoms with Crippen LogP contribution >= 0.6 is 69.6 Å². The number of hydrogen-bond donors (Lipinski definition) is 2. The molecule has 0 unspecified atom stereocenters. The zero-order valence-corrected chi connectivity index (χ0v) is 20.8. The van der Waals surface area contributed by atoms with Crippen LogP contribution in [0.25, 0.3) is 0 Å². The Hall–Kier alpha value is 0.1000. The second-order valence-corrected chi connectivity index (χ2v) is 10.3. The van der Waals surface area contributed by atoms with Crippen molar-refractivity contribution in [1.82, 2.24) is 0 Å². The molecule has 2 aliphatic carbocycles. The molecule has 8 heteroatoms. The van der Waals surface area contributed by atoms with E-state index in [0.29, 0.717) is 56.8 Å². The van der Waals surface area contributed by atoms with E-state index in [0.717, 1.165) is 24.0 Å². The molecule has 0 spiro atoms. The maximum Gasteiger partial charge on any atom is 0.0595 e. The summed E-state index contributed by atoms with van der Waals surface area (Å²) in [6, 6.07) is 11.4. The fourth-order valence-electron chi connectivity index (χ4n) is 4.22. The van der Waals surface area contributed by atoms with E-state index in [4.69, 9.17) is 81.1 Å². The lowest BCUT2D eigenvalue weighted by Gasteiger charge is -2.15. The molecule has 2 saturated carbocycles. The van der Waals surface area contributed by atoms with Crippen molar-refractivity contribution in [3.05, 3.63) is 67.6 Å². The van der Waals surface area contributed by atoms with Gasteiger partial charge in [0.1, 0.15) is 0 Å². The molecule has 0 amide bonds. The van der Waals surface area contributed by atoms with Gasteiger partial charge >= 0.3 is 0 Å². The van der Waals surface area contributed by atoms with Crippen molar-refractivity contribution in [1.29, 1.82) is 0 Å². The van der Waals surface area contributed by atoms with Crippen LogP contribution < -0.4 is 11.5 Å². The highest BCUT2D eigenvalue weighted by Crippen LogP contribution is 2.55. The molecule has 2 fully saturated rings. The van der Waals surface area contributed by atoms with Crippen molar-refractivity contribution in [2.75, 3.05) is 24.8 Å². The van der Waals surface area contributed by atoms with Gasteiger partial charge in [-0.3, -0.25) is 0 Å². The smallest absolute Gasteiger partial charge is 0.0595 e. The minimum absolute atomic E-state index is 0. The molecule has 4 rings (SSSR count). The summed E-state index contributed by atoms with van der Waals surface area (Å²) in [4.78, 5) is 0. The molecule has 0 aromatic heterocycles.